The molecule has 0 amide bonds. The van der Waals surface area contributed by atoms with Crippen molar-refractivity contribution in [3.8, 4) is 0 Å². The van der Waals surface area contributed by atoms with Crippen LogP contribution in [0.1, 0.15) is 59.8 Å². The molecule has 6 fully saturated rings. The summed E-state index contributed by atoms with van der Waals surface area (Å²) in [6.07, 6.45) is 4.07. The lowest BCUT2D eigenvalue weighted by Crippen LogP contribution is -2.64. The number of fused-ring (bicyclic) bond motifs is 1. The first-order chi connectivity index (χ1) is 10.6. The lowest BCUT2D eigenvalue weighted by atomic mass is 9.39. The van der Waals surface area contributed by atoms with Gasteiger partial charge in [0.1, 0.15) is 5.78 Å². The Labute approximate surface area is 137 Å². The van der Waals surface area contributed by atoms with E-state index in [1.165, 1.54) is 0 Å². The fourth-order valence-electron chi connectivity index (χ4n) is 8.02. The fraction of sp³-hybridized carbons (Fsp3) is 0.850. The van der Waals surface area contributed by atoms with E-state index in [9.17, 15) is 14.4 Å². The number of carbonyl (C=O) groups is 3. The Morgan fingerprint density at radius 3 is 2.26 bits per heavy atom. The first kappa shape index (κ1) is 14.4. The van der Waals surface area contributed by atoms with Crippen molar-refractivity contribution in [1.82, 2.24) is 0 Å². The molecule has 6 saturated carbocycles. The minimum atomic E-state index is -0.685. The number of carbonyl (C=O) groups excluding carboxylic acids is 3. The summed E-state index contributed by atoms with van der Waals surface area (Å²) in [5, 5.41) is 0. The molecule has 23 heavy (non-hydrogen) atoms. The monoisotopic (exact) mass is 314 g/mol. The Balaban J connectivity index is 1.65. The molecular weight excluding hydrogens is 288 g/mol. The van der Waals surface area contributed by atoms with Crippen LogP contribution in [-0.4, -0.2) is 17.3 Å². The van der Waals surface area contributed by atoms with E-state index < -0.39 is 5.41 Å². The Morgan fingerprint density at radius 2 is 1.65 bits per heavy atom. The summed E-state index contributed by atoms with van der Waals surface area (Å²) in [5.74, 6) is 1.74. The molecule has 0 heterocycles. The van der Waals surface area contributed by atoms with Crippen molar-refractivity contribution < 1.29 is 14.4 Å². The van der Waals surface area contributed by atoms with Crippen LogP contribution in [0.4, 0.5) is 0 Å². The molecule has 0 aromatic rings. The van der Waals surface area contributed by atoms with Crippen molar-refractivity contribution in [2.24, 2.45) is 45.3 Å². The van der Waals surface area contributed by atoms with Gasteiger partial charge in [0.15, 0.2) is 11.6 Å². The standard InChI is InChI=1S/C20H26O3/c1-17(2)11-5-8-20-12(18(11,3)7-6-13(17)21)9-10-14(15(20)22)19(10,4)16(20)23/h10-12,14H,5-9H2,1-4H3/t10-,11+,12-,14?,18+,19+,20-/m0/s1. The second kappa shape index (κ2) is 3.50. The molecule has 0 radical (unpaired) electrons. The molecule has 4 bridgehead atoms. The van der Waals surface area contributed by atoms with Gasteiger partial charge in [-0.1, -0.05) is 27.7 Å². The predicted molar refractivity (Wildman–Crippen MR) is 84.5 cm³/mol. The molecule has 1 unspecified atom stereocenters. The normalized spacial score (nSPS) is 58.7. The zero-order chi connectivity index (χ0) is 16.6. The number of hydrogen-bond donors (Lipinski definition) is 0. The number of hydrogen-bond acceptors (Lipinski definition) is 3. The molecule has 6 aliphatic rings. The molecule has 1 spiro atoms. The van der Waals surface area contributed by atoms with Gasteiger partial charge < -0.3 is 0 Å². The second-order valence-corrected chi connectivity index (χ2v) is 10.1. The van der Waals surface area contributed by atoms with Crippen LogP contribution in [0.15, 0.2) is 0 Å². The maximum absolute atomic E-state index is 13.3. The van der Waals surface area contributed by atoms with Gasteiger partial charge in [0.25, 0.3) is 0 Å². The fourth-order valence-corrected chi connectivity index (χ4v) is 8.02. The highest BCUT2D eigenvalue weighted by atomic mass is 16.2. The lowest BCUT2D eigenvalue weighted by molar-refractivity contribution is -0.181. The second-order valence-electron chi connectivity index (χ2n) is 10.1. The van der Waals surface area contributed by atoms with Crippen LogP contribution in [-0.2, 0) is 14.4 Å². The van der Waals surface area contributed by atoms with Crippen molar-refractivity contribution in [3.05, 3.63) is 0 Å². The molecule has 6 rings (SSSR count). The number of ketones is 3. The lowest BCUT2D eigenvalue weighted by Gasteiger charge is -2.63. The van der Waals surface area contributed by atoms with Gasteiger partial charge in [0.2, 0.25) is 0 Å². The predicted octanol–water partition coefficient (Wildman–Crippen LogP) is 3.20. The Hall–Kier alpha value is -0.990. The highest BCUT2D eigenvalue weighted by molar-refractivity contribution is 6.22. The maximum Gasteiger partial charge on any atom is 0.153 e. The van der Waals surface area contributed by atoms with Crippen LogP contribution >= 0.6 is 0 Å². The zero-order valence-corrected chi connectivity index (χ0v) is 14.6. The van der Waals surface area contributed by atoms with Crippen LogP contribution in [0.5, 0.6) is 0 Å². The van der Waals surface area contributed by atoms with Crippen molar-refractivity contribution in [3.63, 3.8) is 0 Å². The molecule has 6 aliphatic carbocycles. The van der Waals surface area contributed by atoms with Gasteiger partial charge >= 0.3 is 0 Å². The third-order valence-corrected chi connectivity index (χ3v) is 9.31. The summed E-state index contributed by atoms with van der Waals surface area (Å²) in [6.45, 7) is 8.51. The van der Waals surface area contributed by atoms with E-state index in [1.807, 2.05) is 6.92 Å². The molecular formula is C20H26O3. The summed E-state index contributed by atoms with van der Waals surface area (Å²) in [7, 11) is 0. The molecule has 3 heteroatoms. The summed E-state index contributed by atoms with van der Waals surface area (Å²) >= 11 is 0. The molecule has 0 saturated heterocycles. The average molecular weight is 314 g/mol. The van der Waals surface area contributed by atoms with E-state index >= 15 is 0 Å². The third-order valence-electron chi connectivity index (χ3n) is 9.31. The number of rotatable bonds is 0. The van der Waals surface area contributed by atoms with Crippen LogP contribution < -0.4 is 0 Å². The average Bonchev–Trinajstić information content (AvgIpc) is 3.07. The van der Waals surface area contributed by atoms with Crippen LogP contribution in [0.25, 0.3) is 0 Å². The first-order valence-corrected chi connectivity index (χ1v) is 9.25. The van der Waals surface area contributed by atoms with Crippen molar-refractivity contribution >= 4 is 17.3 Å². The zero-order valence-electron chi connectivity index (χ0n) is 14.6. The summed E-state index contributed by atoms with van der Waals surface area (Å²) in [4.78, 5) is 38.9. The molecule has 0 aromatic heterocycles. The SMILES string of the molecule is CC1(C)C(=O)CC[C@]2(C)[C@@H]1CC[C@@]13C(=O)C4[C@H](C[C@H]12)[C@@]4(C)C3=O. The molecule has 0 aromatic carbocycles. The van der Waals surface area contributed by atoms with E-state index in [1.54, 1.807) is 0 Å². The van der Waals surface area contributed by atoms with Gasteiger partial charge in [0, 0.05) is 23.2 Å². The topological polar surface area (TPSA) is 51.2 Å². The highest BCUT2D eigenvalue weighted by Crippen LogP contribution is 2.82. The minimum Gasteiger partial charge on any atom is -0.299 e. The van der Waals surface area contributed by atoms with Crippen LogP contribution in [0, 0.1) is 45.3 Å². The van der Waals surface area contributed by atoms with E-state index in [0.29, 0.717) is 30.5 Å². The van der Waals surface area contributed by atoms with Crippen LogP contribution in [0.3, 0.4) is 0 Å². The number of Topliss-reactive ketones (excluding diaryl/α,β-unsaturated/α-hetero) is 3. The van der Waals surface area contributed by atoms with Crippen molar-refractivity contribution in [2.75, 3.05) is 0 Å². The van der Waals surface area contributed by atoms with Gasteiger partial charge in [-0.05, 0) is 48.9 Å². The van der Waals surface area contributed by atoms with Crippen LogP contribution in [0.2, 0.25) is 0 Å². The van der Waals surface area contributed by atoms with E-state index in [-0.39, 0.29) is 39.6 Å². The smallest absolute Gasteiger partial charge is 0.153 e. The summed E-state index contributed by atoms with van der Waals surface area (Å²) < 4.78 is 0. The molecule has 3 nitrogen and oxygen atoms in total. The third kappa shape index (κ3) is 1.16. The molecule has 124 valence electrons. The van der Waals surface area contributed by atoms with Gasteiger partial charge in [-0.25, -0.2) is 0 Å². The maximum atomic E-state index is 13.3. The van der Waals surface area contributed by atoms with Gasteiger partial charge in [0.05, 0.1) is 5.41 Å². The van der Waals surface area contributed by atoms with E-state index in [4.69, 9.17) is 0 Å². The van der Waals surface area contributed by atoms with Gasteiger partial charge in [-0.2, -0.15) is 0 Å². The summed E-state index contributed by atoms with van der Waals surface area (Å²) in [5.41, 5.74) is -1.35. The Kier molecular flexibility index (Phi) is 2.19. The molecule has 7 atom stereocenters. The molecule has 0 aliphatic heterocycles. The molecule has 0 N–H and O–H groups in total. The van der Waals surface area contributed by atoms with E-state index in [2.05, 4.69) is 20.8 Å². The first-order valence-electron chi connectivity index (χ1n) is 9.25. The summed E-state index contributed by atoms with van der Waals surface area (Å²) in [6, 6.07) is 0. The van der Waals surface area contributed by atoms with Crippen molar-refractivity contribution in [1.29, 1.82) is 0 Å². The minimum absolute atomic E-state index is 0.0319. The van der Waals surface area contributed by atoms with E-state index in [0.717, 1.165) is 19.3 Å². The Bertz CT molecular complexity index is 691. The largest absolute Gasteiger partial charge is 0.299 e. The van der Waals surface area contributed by atoms with Gasteiger partial charge in [-0.15, -0.1) is 0 Å². The highest BCUT2D eigenvalue weighted by Gasteiger charge is 2.87. The van der Waals surface area contributed by atoms with Gasteiger partial charge in [-0.3, -0.25) is 14.4 Å². The Morgan fingerprint density at radius 1 is 0.957 bits per heavy atom. The van der Waals surface area contributed by atoms with Crippen molar-refractivity contribution in [2.45, 2.75) is 59.8 Å². The quantitative estimate of drug-likeness (QED) is 0.645.